The zero-order valence-electron chi connectivity index (χ0n) is 6.73. The van der Waals surface area contributed by atoms with E-state index in [1.165, 1.54) is 32.1 Å². The molecule has 0 aliphatic heterocycles. The molecule has 1 nitrogen and oxygen atoms in total. The maximum absolute atomic E-state index is 8.00. The van der Waals surface area contributed by atoms with Gasteiger partial charge in [0.05, 0.1) is 0 Å². The number of carbonyl (C=O) groups excluding carboxylic acids is 1. The molecule has 0 fully saturated rings. The van der Waals surface area contributed by atoms with Gasteiger partial charge >= 0.3 is 0 Å². The van der Waals surface area contributed by atoms with Crippen molar-refractivity contribution in [2.24, 2.45) is 0 Å². The summed E-state index contributed by atoms with van der Waals surface area (Å²) in [5, 5.41) is 0. The van der Waals surface area contributed by atoms with E-state index in [1.807, 2.05) is 6.79 Å². The molecule has 0 saturated heterocycles. The van der Waals surface area contributed by atoms with Gasteiger partial charge in [-0.05, 0) is 32.1 Å². The standard InChI is InChI=1S/C8H14.CH2O/c1-2-8-6-4-3-5-7-8;1-2/h6H,2-5,7H2,1H3;1H2. The molecule has 0 aromatic rings. The molecule has 1 aliphatic rings. The fourth-order valence-corrected chi connectivity index (χ4v) is 1.23. The maximum atomic E-state index is 8.00. The summed E-state index contributed by atoms with van der Waals surface area (Å²) in [6.45, 7) is 4.25. The van der Waals surface area contributed by atoms with Crippen LogP contribution in [0.4, 0.5) is 0 Å². The van der Waals surface area contributed by atoms with E-state index < -0.39 is 0 Å². The Kier molecular flexibility index (Phi) is 6.14. The maximum Gasteiger partial charge on any atom is 0.106 e. The molecule has 0 bridgehead atoms. The lowest BCUT2D eigenvalue weighted by Crippen LogP contribution is -1.88. The second-order valence-electron chi connectivity index (χ2n) is 2.46. The molecule has 0 atom stereocenters. The van der Waals surface area contributed by atoms with Crippen LogP contribution in [0.25, 0.3) is 0 Å². The Bertz CT molecular complexity index is 105. The minimum absolute atomic E-state index is 1.28. The number of carbonyl (C=O) groups is 1. The molecule has 1 heteroatoms. The van der Waals surface area contributed by atoms with Gasteiger partial charge in [0.1, 0.15) is 6.79 Å². The van der Waals surface area contributed by atoms with Crippen molar-refractivity contribution in [2.45, 2.75) is 39.0 Å². The van der Waals surface area contributed by atoms with Crippen LogP contribution in [0.3, 0.4) is 0 Å². The summed E-state index contributed by atoms with van der Waals surface area (Å²) in [7, 11) is 0. The number of rotatable bonds is 1. The molecule has 0 heterocycles. The smallest absolute Gasteiger partial charge is 0.106 e. The van der Waals surface area contributed by atoms with Gasteiger partial charge in [0.2, 0.25) is 0 Å². The zero-order valence-corrected chi connectivity index (χ0v) is 6.73. The Morgan fingerprint density at radius 3 is 2.50 bits per heavy atom. The Labute approximate surface area is 63.1 Å². The summed E-state index contributed by atoms with van der Waals surface area (Å²) in [5.74, 6) is 0. The summed E-state index contributed by atoms with van der Waals surface area (Å²) < 4.78 is 0. The van der Waals surface area contributed by atoms with E-state index in [9.17, 15) is 0 Å². The first-order valence-electron chi connectivity index (χ1n) is 3.90. The molecule has 0 aromatic carbocycles. The van der Waals surface area contributed by atoms with Crippen molar-refractivity contribution in [3.8, 4) is 0 Å². The van der Waals surface area contributed by atoms with Gasteiger partial charge in [-0.25, -0.2) is 0 Å². The van der Waals surface area contributed by atoms with Crippen LogP contribution in [0.15, 0.2) is 11.6 Å². The number of allylic oxidation sites excluding steroid dienone is 2. The van der Waals surface area contributed by atoms with Crippen LogP contribution in [0.2, 0.25) is 0 Å². The zero-order chi connectivity index (χ0) is 7.82. The van der Waals surface area contributed by atoms with Gasteiger partial charge in [0.25, 0.3) is 0 Å². The van der Waals surface area contributed by atoms with Crippen LogP contribution in [0, 0.1) is 0 Å². The van der Waals surface area contributed by atoms with Crippen molar-refractivity contribution in [1.29, 1.82) is 0 Å². The summed E-state index contributed by atoms with van der Waals surface area (Å²) in [6, 6.07) is 0. The molecule has 0 amide bonds. The van der Waals surface area contributed by atoms with E-state index >= 15 is 0 Å². The van der Waals surface area contributed by atoms with Gasteiger partial charge in [-0.15, -0.1) is 0 Å². The second kappa shape index (κ2) is 6.53. The first-order chi connectivity index (χ1) is 4.93. The lowest BCUT2D eigenvalue weighted by Gasteiger charge is -2.08. The molecular weight excluding hydrogens is 124 g/mol. The monoisotopic (exact) mass is 140 g/mol. The van der Waals surface area contributed by atoms with Crippen LogP contribution in [-0.4, -0.2) is 6.79 Å². The van der Waals surface area contributed by atoms with Crippen molar-refractivity contribution >= 4 is 6.79 Å². The molecular formula is C9H16O. The average molecular weight is 140 g/mol. The van der Waals surface area contributed by atoms with Crippen LogP contribution >= 0.6 is 0 Å². The van der Waals surface area contributed by atoms with E-state index in [1.54, 1.807) is 5.57 Å². The van der Waals surface area contributed by atoms with Crippen LogP contribution in [0.1, 0.15) is 39.0 Å². The highest BCUT2D eigenvalue weighted by molar-refractivity contribution is 5.11. The SMILES string of the molecule is C=O.CCC1=CCCCC1. The molecule has 58 valence electrons. The Hall–Kier alpha value is -0.590. The number of hydrogen-bond donors (Lipinski definition) is 0. The average Bonchev–Trinajstić information content (AvgIpc) is 2.10. The minimum Gasteiger partial charge on any atom is -0.307 e. The lowest BCUT2D eigenvalue weighted by atomic mass is 9.98. The molecule has 0 aromatic heterocycles. The fourth-order valence-electron chi connectivity index (χ4n) is 1.23. The Morgan fingerprint density at radius 1 is 1.50 bits per heavy atom. The van der Waals surface area contributed by atoms with Gasteiger partial charge in [-0.2, -0.15) is 0 Å². The third kappa shape index (κ3) is 3.44. The quantitative estimate of drug-likeness (QED) is 0.512. The van der Waals surface area contributed by atoms with Gasteiger partial charge < -0.3 is 4.79 Å². The predicted molar refractivity (Wildman–Crippen MR) is 44.0 cm³/mol. The summed E-state index contributed by atoms with van der Waals surface area (Å²) in [5.41, 5.74) is 1.68. The van der Waals surface area contributed by atoms with Gasteiger partial charge in [-0.3, -0.25) is 0 Å². The highest BCUT2D eigenvalue weighted by Crippen LogP contribution is 2.18. The first kappa shape index (κ1) is 9.41. The van der Waals surface area contributed by atoms with Crippen LogP contribution in [-0.2, 0) is 4.79 Å². The minimum atomic E-state index is 1.28. The molecule has 0 saturated carbocycles. The molecule has 1 rings (SSSR count). The topological polar surface area (TPSA) is 17.1 Å². The second-order valence-corrected chi connectivity index (χ2v) is 2.46. The van der Waals surface area contributed by atoms with Crippen molar-refractivity contribution < 1.29 is 4.79 Å². The Morgan fingerprint density at radius 2 is 2.20 bits per heavy atom. The van der Waals surface area contributed by atoms with Crippen molar-refractivity contribution in [3.05, 3.63) is 11.6 Å². The highest BCUT2D eigenvalue weighted by Gasteiger charge is 1.98. The van der Waals surface area contributed by atoms with Crippen LogP contribution < -0.4 is 0 Å². The van der Waals surface area contributed by atoms with E-state index in [2.05, 4.69) is 13.0 Å². The molecule has 0 spiro atoms. The van der Waals surface area contributed by atoms with E-state index in [4.69, 9.17) is 4.79 Å². The van der Waals surface area contributed by atoms with E-state index in [0.717, 1.165) is 0 Å². The van der Waals surface area contributed by atoms with Crippen molar-refractivity contribution in [2.75, 3.05) is 0 Å². The predicted octanol–water partition coefficient (Wildman–Crippen LogP) is 2.71. The van der Waals surface area contributed by atoms with Crippen molar-refractivity contribution in [3.63, 3.8) is 0 Å². The summed E-state index contributed by atoms with van der Waals surface area (Å²) in [6.07, 6.45) is 9.24. The normalized spacial score (nSPS) is 16.7. The molecule has 0 radical (unpaired) electrons. The lowest BCUT2D eigenvalue weighted by molar-refractivity contribution is -0.0979. The highest BCUT2D eigenvalue weighted by atomic mass is 16.1. The third-order valence-corrected chi connectivity index (χ3v) is 1.84. The number of hydrogen-bond acceptors (Lipinski definition) is 1. The molecule has 0 N–H and O–H groups in total. The summed E-state index contributed by atoms with van der Waals surface area (Å²) >= 11 is 0. The van der Waals surface area contributed by atoms with Crippen LogP contribution in [0.5, 0.6) is 0 Å². The molecule has 0 unspecified atom stereocenters. The van der Waals surface area contributed by atoms with Gasteiger partial charge in [-0.1, -0.05) is 18.6 Å². The summed E-state index contributed by atoms with van der Waals surface area (Å²) in [4.78, 5) is 8.00. The fraction of sp³-hybridized carbons (Fsp3) is 0.667. The van der Waals surface area contributed by atoms with E-state index in [-0.39, 0.29) is 0 Å². The third-order valence-electron chi connectivity index (χ3n) is 1.84. The molecule has 10 heavy (non-hydrogen) atoms. The Balaban J connectivity index is 0.000000371. The van der Waals surface area contributed by atoms with Gasteiger partial charge in [0, 0.05) is 0 Å². The van der Waals surface area contributed by atoms with E-state index in [0.29, 0.717) is 0 Å². The largest absolute Gasteiger partial charge is 0.307 e. The molecule has 1 aliphatic carbocycles. The first-order valence-corrected chi connectivity index (χ1v) is 3.90. The van der Waals surface area contributed by atoms with Gasteiger partial charge in [0.15, 0.2) is 0 Å². The van der Waals surface area contributed by atoms with Crippen molar-refractivity contribution in [1.82, 2.24) is 0 Å².